The standard InChI is InChI=1S/2C24H19N3O2.2C12H8N2.C5H5N.C3H7.Co.2Cu/c2*28-26-23(20-15-13-18(14-16-20)17-7-2-1-3-8-17)24(27-29)25-22-12-6-10-19-9-4-5-11-21(19)22;2*1-3-9-5-6-10-4-2-8-14-12(10)11(9)13-7-1;1-2-4-6-5-3-1;1-3-2;;;/h2*1-16,28-29H,(H,25,27);2*1-8H;1-5H;3H,1-2H3;;;/q;;;;;-1;+3;2*+2/b2*26-23+;;;;;;;. The Morgan fingerprint density at radius 1 is 0.316 bits per heavy atom. The van der Waals surface area contributed by atoms with E-state index in [2.05, 4.69) is 105 Å². The van der Waals surface area contributed by atoms with Crippen molar-refractivity contribution in [2.24, 2.45) is 20.3 Å². The van der Waals surface area contributed by atoms with Crippen LogP contribution in [0.15, 0.2) is 343 Å². The van der Waals surface area contributed by atoms with E-state index >= 15 is 0 Å². The van der Waals surface area contributed by atoms with Crippen LogP contribution in [0.5, 0.6) is 0 Å². The minimum atomic E-state index is 0. The third-order valence-corrected chi connectivity index (χ3v) is 14.6. The summed E-state index contributed by atoms with van der Waals surface area (Å²) in [6.45, 7) is 4.00. The van der Waals surface area contributed by atoms with Gasteiger partial charge in [0.1, 0.15) is 0 Å². The molecule has 0 unspecified atom stereocenters. The minimum absolute atomic E-state index is 0. The first-order chi connectivity index (χ1) is 46.9. The van der Waals surface area contributed by atoms with Crippen molar-refractivity contribution < 1.29 is 71.7 Å². The van der Waals surface area contributed by atoms with Crippen molar-refractivity contribution >= 4 is 99.6 Å². The molecule has 98 heavy (non-hydrogen) atoms. The van der Waals surface area contributed by atoms with Crippen molar-refractivity contribution in [2.45, 2.75) is 13.8 Å². The molecule has 15 nitrogen and oxygen atoms in total. The molecule has 5 heterocycles. The summed E-state index contributed by atoms with van der Waals surface area (Å²) in [5, 5.41) is 53.8. The van der Waals surface area contributed by atoms with Gasteiger partial charge in [-0.3, -0.25) is 46.3 Å². The zero-order valence-corrected chi connectivity index (χ0v) is 55.9. The molecule has 15 aromatic rings. The summed E-state index contributed by atoms with van der Waals surface area (Å²) in [5.41, 5.74) is 15.1. The van der Waals surface area contributed by atoms with Gasteiger partial charge in [-0.25, -0.2) is 9.98 Å². The number of rotatable bonds is 8. The predicted molar refractivity (Wildman–Crippen MR) is 386 cm³/mol. The second-order valence-electron chi connectivity index (χ2n) is 21.0. The summed E-state index contributed by atoms with van der Waals surface area (Å²) >= 11 is 0. The van der Waals surface area contributed by atoms with Gasteiger partial charge in [-0.1, -0.05) is 247 Å². The van der Waals surface area contributed by atoms with Gasteiger partial charge >= 0.3 is 50.9 Å². The number of aromatic nitrogens is 5. The number of nitrogens with zero attached hydrogens (tertiary/aromatic N) is 9. The maximum Gasteiger partial charge on any atom is 3.00 e. The second kappa shape index (κ2) is 39.0. The Hall–Kier alpha value is -11.1. The fourth-order valence-corrected chi connectivity index (χ4v) is 10.2. The summed E-state index contributed by atoms with van der Waals surface area (Å²) in [6.07, 6.45) is 12.7. The number of oxime groups is 2. The number of aliphatic imine (C=N–C) groups is 2. The van der Waals surface area contributed by atoms with E-state index in [1.165, 1.54) is 0 Å². The average Bonchev–Trinajstić information content (AvgIpc) is 0.814. The van der Waals surface area contributed by atoms with Crippen LogP contribution in [0.3, 0.4) is 0 Å². The van der Waals surface area contributed by atoms with Gasteiger partial charge in [0.25, 0.3) is 0 Å². The van der Waals surface area contributed by atoms with E-state index in [-0.39, 0.29) is 74.0 Å². The minimum Gasteiger partial charge on any atom is -0.410 e. The predicted octanol–water partition coefficient (Wildman–Crippen LogP) is 18.7. The molecule has 0 spiro atoms. The Balaban J connectivity index is 0.000000181. The van der Waals surface area contributed by atoms with Crippen molar-refractivity contribution in [2.75, 3.05) is 0 Å². The van der Waals surface area contributed by atoms with Gasteiger partial charge in [0.2, 0.25) is 0 Å². The number of pyridine rings is 5. The summed E-state index contributed by atoms with van der Waals surface area (Å²) < 4.78 is 0. The van der Waals surface area contributed by atoms with Crippen LogP contribution < -0.4 is 11.0 Å². The van der Waals surface area contributed by atoms with Gasteiger partial charge in [-0.15, -0.1) is 0 Å². The van der Waals surface area contributed by atoms with Gasteiger partial charge in [-0.05, 0) is 81.6 Å². The van der Waals surface area contributed by atoms with Gasteiger partial charge in [-0.2, -0.15) is 13.8 Å². The number of hydroxylamine groups is 2. The topological polar surface area (TPSA) is 219 Å². The van der Waals surface area contributed by atoms with Crippen LogP contribution in [-0.2, 0) is 50.9 Å². The summed E-state index contributed by atoms with van der Waals surface area (Å²) in [6, 6.07) is 92.1. The fourth-order valence-electron chi connectivity index (χ4n) is 10.2. The van der Waals surface area contributed by atoms with Crippen LogP contribution in [0.25, 0.3) is 87.4 Å². The molecule has 0 aliphatic rings. The largest absolute Gasteiger partial charge is 3.00 e. The van der Waals surface area contributed by atoms with Crippen LogP contribution in [0.2, 0.25) is 0 Å². The molecule has 15 rings (SSSR count). The number of hydrogen-bond acceptors (Lipinski definition) is 13. The van der Waals surface area contributed by atoms with Crippen molar-refractivity contribution in [3.63, 3.8) is 0 Å². The quantitative estimate of drug-likeness (QED) is 0.0160. The molecular formula is C80H66CoCu2N11O4+6. The second-order valence-corrected chi connectivity index (χ2v) is 21.0. The van der Waals surface area contributed by atoms with Crippen LogP contribution in [-0.4, -0.2) is 68.8 Å². The molecule has 2 radical (unpaired) electrons. The van der Waals surface area contributed by atoms with Crippen LogP contribution >= 0.6 is 0 Å². The van der Waals surface area contributed by atoms with Crippen LogP contribution in [0, 0.1) is 6.42 Å². The first kappa shape index (κ1) is 74.3. The number of hydrogen-bond donors (Lipinski definition) is 6. The van der Waals surface area contributed by atoms with E-state index in [9.17, 15) is 20.8 Å². The molecule has 0 bridgehead atoms. The van der Waals surface area contributed by atoms with Crippen molar-refractivity contribution in [3.05, 3.63) is 340 Å². The van der Waals surface area contributed by atoms with E-state index in [0.29, 0.717) is 22.5 Å². The van der Waals surface area contributed by atoms with E-state index < -0.39 is 0 Å². The van der Waals surface area contributed by atoms with E-state index in [0.717, 1.165) is 87.4 Å². The average molecular weight is 1430 g/mol. The van der Waals surface area contributed by atoms with E-state index in [4.69, 9.17) is 0 Å². The molecule has 5 aromatic heterocycles. The molecule has 0 amide bonds. The van der Waals surface area contributed by atoms with Crippen molar-refractivity contribution in [3.8, 4) is 22.3 Å². The zero-order valence-electron chi connectivity index (χ0n) is 52.9. The Bertz CT molecular complexity index is 4630. The Labute approximate surface area is 599 Å². The number of fused-ring (bicyclic) bond motifs is 8. The molecule has 10 aromatic carbocycles. The SMILES string of the molecule is C[CH-]C.O/N=C(/C(=Nc1cccc2ccccc12)NO)c1ccc(-c2ccccc2)cc1.O/N=C(/C(=Nc1cccc2ccccc12)NO)c1ccc(-c2ccccc2)cc1.[Co+3].[Cu+2].[Cu+2].c1ccncc1.c1cnc2c(c1)ccc1cccnc12.c1cnc2c(c1)ccc1cccnc12. The van der Waals surface area contributed by atoms with Gasteiger partial charge in [0, 0.05) is 80.6 Å². The molecule has 0 fully saturated rings. The summed E-state index contributed by atoms with van der Waals surface area (Å²) in [5.74, 6) is 0.104. The van der Waals surface area contributed by atoms with Gasteiger partial charge in [0.15, 0.2) is 23.1 Å². The monoisotopic (exact) mass is 1430 g/mol. The molecule has 490 valence electrons. The molecule has 18 heteroatoms. The Morgan fingerprint density at radius 2 is 0.602 bits per heavy atom. The molecular weight excluding hydrogens is 1360 g/mol. The van der Waals surface area contributed by atoms with E-state index in [1.807, 2.05) is 257 Å². The zero-order chi connectivity index (χ0) is 65.8. The third-order valence-electron chi connectivity index (χ3n) is 14.6. The molecule has 0 atom stereocenters. The summed E-state index contributed by atoms with van der Waals surface area (Å²) in [4.78, 5) is 30.2. The smallest absolute Gasteiger partial charge is 0.410 e. The summed E-state index contributed by atoms with van der Waals surface area (Å²) in [7, 11) is 0. The van der Waals surface area contributed by atoms with Crippen LogP contribution in [0.1, 0.15) is 25.0 Å². The maximum absolute atomic E-state index is 9.68. The van der Waals surface area contributed by atoms with Crippen LogP contribution in [0.4, 0.5) is 11.4 Å². The normalized spacial score (nSPS) is 11.0. The molecule has 0 saturated carbocycles. The first-order valence-electron chi connectivity index (χ1n) is 30.4. The van der Waals surface area contributed by atoms with Crippen molar-refractivity contribution in [1.29, 1.82) is 0 Å². The van der Waals surface area contributed by atoms with Gasteiger partial charge < -0.3 is 16.8 Å². The third kappa shape index (κ3) is 19.5. The van der Waals surface area contributed by atoms with Gasteiger partial charge in [0.05, 0.1) is 33.4 Å². The number of benzene rings is 10. The first-order valence-corrected chi connectivity index (χ1v) is 30.4. The maximum atomic E-state index is 9.68. The number of amidine groups is 2. The fraction of sp³-hybridized carbons (Fsp3) is 0.0250. The number of nitrogens with one attached hydrogen (secondary N) is 2. The molecule has 0 saturated heterocycles. The van der Waals surface area contributed by atoms with Crippen molar-refractivity contribution in [1.82, 2.24) is 35.9 Å². The van der Waals surface area contributed by atoms with E-state index in [1.54, 1.807) is 37.2 Å². The Morgan fingerprint density at radius 3 is 0.898 bits per heavy atom. The molecule has 6 N–H and O–H groups in total. The molecule has 0 aliphatic carbocycles. The molecule has 0 aliphatic heterocycles. The Kier molecular flexibility index (Phi) is 29.6.